The number of carboxylic acid groups (broad SMARTS) is 1. The highest BCUT2D eigenvalue weighted by Crippen LogP contribution is 2.39. The van der Waals surface area contributed by atoms with Gasteiger partial charge in [-0.2, -0.15) is 0 Å². The van der Waals surface area contributed by atoms with Crippen LogP contribution in [-0.4, -0.2) is 46.8 Å². The standard InChI is InChI=1S/C29H36F3N3O5/c1-28(2,3)22-10-12-23(13-11-22)35(34-27(39)21-8-14-24(15-9-21)40-29(30,31)32)18-19-4-6-20(7-5-19)26(38)33-17-16-25(36)37/h4-9,14-15,22-23H,10-13,16-18H2,1-3H3,(H,33,38)(H,34,39)(H,36,37). The van der Waals surface area contributed by atoms with Crippen LogP contribution in [0.3, 0.4) is 0 Å². The zero-order valence-electron chi connectivity index (χ0n) is 22.9. The molecule has 2 aromatic rings. The van der Waals surface area contributed by atoms with Gasteiger partial charge >= 0.3 is 12.3 Å². The van der Waals surface area contributed by atoms with E-state index in [1.54, 1.807) is 24.3 Å². The highest BCUT2D eigenvalue weighted by molar-refractivity contribution is 5.94. The summed E-state index contributed by atoms with van der Waals surface area (Å²) in [6.07, 6.45) is -1.26. The van der Waals surface area contributed by atoms with Crippen LogP contribution in [-0.2, 0) is 11.3 Å². The van der Waals surface area contributed by atoms with Crippen LogP contribution in [0.25, 0.3) is 0 Å². The highest BCUT2D eigenvalue weighted by atomic mass is 19.4. The lowest BCUT2D eigenvalue weighted by molar-refractivity contribution is -0.274. The number of hydrazine groups is 1. The summed E-state index contributed by atoms with van der Waals surface area (Å²) < 4.78 is 41.4. The van der Waals surface area contributed by atoms with Gasteiger partial charge in [0.1, 0.15) is 5.75 Å². The third-order valence-electron chi connectivity index (χ3n) is 7.15. The number of carbonyl (C=O) groups is 3. The molecule has 3 rings (SSSR count). The van der Waals surface area contributed by atoms with E-state index in [9.17, 15) is 27.6 Å². The molecule has 218 valence electrons. The van der Waals surface area contributed by atoms with Crippen LogP contribution in [0, 0.1) is 11.3 Å². The van der Waals surface area contributed by atoms with Gasteiger partial charge in [-0.05, 0) is 79.0 Å². The van der Waals surface area contributed by atoms with Gasteiger partial charge in [-0.15, -0.1) is 13.2 Å². The Bertz CT molecular complexity index is 1150. The summed E-state index contributed by atoms with van der Waals surface area (Å²) in [5.74, 6) is -1.68. The Hall–Kier alpha value is -3.60. The largest absolute Gasteiger partial charge is 0.573 e. The molecular formula is C29H36F3N3O5. The summed E-state index contributed by atoms with van der Waals surface area (Å²) in [7, 11) is 0. The van der Waals surface area contributed by atoms with E-state index in [-0.39, 0.29) is 35.9 Å². The zero-order valence-corrected chi connectivity index (χ0v) is 22.9. The number of rotatable bonds is 10. The maximum atomic E-state index is 13.1. The van der Waals surface area contributed by atoms with E-state index in [1.165, 1.54) is 12.1 Å². The van der Waals surface area contributed by atoms with Gasteiger partial charge in [-0.25, -0.2) is 5.01 Å². The maximum absolute atomic E-state index is 13.1. The van der Waals surface area contributed by atoms with Crippen molar-refractivity contribution in [2.75, 3.05) is 6.54 Å². The van der Waals surface area contributed by atoms with Gasteiger partial charge in [-0.3, -0.25) is 19.8 Å². The minimum atomic E-state index is -4.82. The molecule has 1 aliphatic carbocycles. The van der Waals surface area contributed by atoms with Crippen molar-refractivity contribution in [3.63, 3.8) is 0 Å². The van der Waals surface area contributed by atoms with E-state index in [0.717, 1.165) is 43.4 Å². The van der Waals surface area contributed by atoms with Crippen molar-refractivity contribution in [1.82, 2.24) is 15.8 Å². The Morgan fingerprint density at radius 3 is 1.98 bits per heavy atom. The van der Waals surface area contributed by atoms with Crippen molar-refractivity contribution < 1.29 is 37.4 Å². The molecule has 1 saturated carbocycles. The number of aliphatic carboxylic acids is 1. The number of hydrogen-bond donors (Lipinski definition) is 3. The Balaban J connectivity index is 1.71. The van der Waals surface area contributed by atoms with Crippen molar-refractivity contribution in [2.24, 2.45) is 11.3 Å². The van der Waals surface area contributed by atoms with E-state index in [1.807, 2.05) is 5.01 Å². The number of ether oxygens (including phenoxy) is 1. The Morgan fingerprint density at radius 1 is 0.900 bits per heavy atom. The van der Waals surface area contributed by atoms with Gasteiger partial charge in [0.15, 0.2) is 0 Å². The smallest absolute Gasteiger partial charge is 0.481 e. The molecule has 11 heteroatoms. The fraction of sp³-hybridized carbons (Fsp3) is 0.483. The van der Waals surface area contributed by atoms with Crippen molar-refractivity contribution in [1.29, 1.82) is 0 Å². The summed E-state index contributed by atoms with van der Waals surface area (Å²) in [5, 5.41) is 13.2. The second-order valence-electron chi connectivity index (χ2n) is 11.1. The zero-order chi connectivity index (χ0) is 29.5. The van der Waals surface area contributed by atoms with Crippen LogP contribution in [0.2, 0.25) is 0 Å². The second-order valence-corrected chi connectivity index (χ2v) is 11.1. The summed E-state index contributed by atoms with van der Waals surface area (Å²) in [5.41, 5.74) is 4.54. The van der Waals surface area contributed by atoms with E-state index in [4.69, 9.17) is 5.11 Å². The Morgan fingerprint density at radius 2 is 1.45 bits per heavy atom. The van der Waals surface area contributed by atoms with Crippen LogP contribution in [0.5, 0.6) is 5.75 Å². The molecule has 1 fully saturated rings. The lowest BCUT2D eigenvalue weighted by Gasteiger charge is -2.41. The highest BCUT2D eigenvalue weighted by Gasteiger charge is 2.33. The lowest BCUT2D eigenvalue weighted by Crippen LogP contribution is -2.49. The number of nitrogens with one attached hydrogen (secondary N) is 2. The first-order valence-corrected chi connectivity index (χ1v) is 13.2. The molecule has 0 unspecified atom stereocenters. The fourth-order valence-electron chi connectivity index (χ4n) is 4.86. The summed E-state index contributed by atoms with van der Waals surface area (Å²) in [6.45, 7) is 7.05. The third kappa shape index (κ3) is 9.55. The molecule has 40 heavy (non-hydrogen) atoms. The first-order valence-electron chi connectivity index (χ1n) is 13.2. The minimum Gasteiger partial charge on any atom is -0.481 e. The number of hydrogen-bond acceptors (Lipinski definition) is 5. The predicted octanol–water partition coefficient (Wildman–Crippen LogP) is 5.54. The molecule has 0 spiro atoms. The minimum absolute atomic E-state index is 0.0241. The lowest BCUT2D eigenvalue weighted by atomic mass is 9.71. The Kier molecular flexibility index (Phi) is 10.2. The van der Waals surface area contributed by atoms with Crippen molar-refractivity contribution in [3.8, 4) is 5.75 Å². The van der Waals surface area contributed by atoms with Gasteiger partial charge in [-0.1, -0.05) is 32.9 Å². The molecular weight excluding hydrogens is 527 g/mol. The molecule has 0 aromatic heterocycles. The van der Waals surface area contributed by atoms with E-state index in [0.29, 0.717) is 18.0 Å². The molecule has 2 aromatic carbocycles. The molecule has 0 atom stereocenters. The second kappa shape index (κ2) is 13.2. The number of alkyl halides is 3. The fourth-order valence-corrected chi connectivity index (χ4v) is 4.86. The quantitative estimate of drug-likeness (QED) is 0.328. The topological polar surface area (TPSA) is 108 Å². The van der Waals surface area contributed by atoms with Crippen molar-refractivity contribution >= 4 is 17.8 Å². The van der Waals surface area contributed by atoms with E-state index >= 15 is 0 Å². The molecule has 0 saturated heterocycles. The average molecular weight is 564 g/mol. The van der Waals surface area contributed by atoms with Crippen molar-refractivity contribution in [3.05, 3.63) is 65.2 Å². The molecule has 0 aliphatic heterocycles. The maximum Gasteiger partial charge on any atom is 0.573 e. The molecule has 0 heterocycles. The van der Waals surface area contributed by atoms with Crippen LogP contribution >= 0.6 is 0 Å². The SMILES string of the molecule is CC(C)(C)C1CCC(N(Cc2ccc(C(=O)NCCC(=O)O)cc2)NC(=O)c2ccc(OC(F)(F)F)cc2)CC1. The van der Waals surface area contributed by atoms with E-state index in [2.05, 4.69) is 36.3 Å². The summed E-state index contributed by atoms with van der Waals surface area (Å²) in [4.78, 5) is 36.0. The Labute approximate surface area is 231 Å². The van der Waals surface area contributed by atoms with Crippen LogP contribution in [0.4, 0.5) is 13.2 Å². The molecule has 3 N–H and O–H groups in total. The summed E-state index contributed by atoms with van der Waals surface area (Å²) >= 11 is 0. The first-order chi connectivity index (χ1) is 18.7. The number of halogens is 3. The average Bonchev–Trinajstić information content (AvgIpc) is 2.87. The summed E-state index contributed by atoms with van der Waals surface area (Å²) in [6, 6.07) is 11.6. The number of amides is 2. The van der Waals surface area contributed by atoms with Crippen LogP contribution in [0.15, 0.2) is 48.5 Å². The molecule has 1 aliphatic rings. The van der Waals surface area contributed by atoms with Crippen molar-refractivity contribution in [2.45, 2.75) is 71.8 Å². The van der Waals surface area contributed by atoms with Gasteiger partial charge in [0.25, 0.3) is 11.8 Å². The number of nitrogens with zero attached hydrogens (tertiary/aromatic N) is 1. The van der Waals surface area contributed by atoms with E-state index < -0.39 is 24.0 Å². The molecule has 8 nitrogen and oxygen atoms in total. The number of carbonyl (C=O) groups excluding carboxylic acids is 2. The third-order valence-corrected chi connectivity index (χ3v) is 7.15. The van der Waals surface area contributed by atoms with Gasteiger partial charge in [0.05, 0.1) is 6.42 Å². The number of carboxylic acids is 1. The normalized spacial score (nSPS) is 17.8. The monoisotopic (exact) mass is 563 g/mol. The van der Waals surface area contributed by atoms with Crippen LogP contribution < -0.4 is 15.5 Å². The molecule has 0 bridgehead atoms. The van der Waals surface area contributed by atoms with Gasteiger partial charge < -0.3 is 15.2 Å². The van der Waals surface area contributed by atoms with Gasteiger partial charge in [0.2, 0.25) is 0 Å². The molecule has 2 amide bonds. The number of benzene rings is 2. The molecule has 0 radical (unpaired) electrons. The van der Waals surface area contributed by atoms with Crippen LogP contribution in [0.1, 0.15) is 79.2 Å². The first kappa shape index (κ1) is 30.9. The predicted molar refractivity (Wildman–Crippen MR) is 142 cm³/mol. The van der Waals surface area contributed by atoms with Gasteiger partial charge in [0, 0.05) is 30.3 Å².